The van der Waals surface area contributed by atoms with Gasteiger partial charge in [-0.1, -0.05) is 184 Å². The SMILES string of the molecule is CC1(C)c2ccccc2-c2ccc(N(c3cccc(-n4c5cccc(-c6cccc7ccccc67)c5c5c6ccccc6ccc54)c3)c3ccccc3-c3ccccc3)cc21. The molecule has 0 amide bonds. The smallest absolute Gasteiger partial charge is 0.0547 e. The largest absolute Gasteiger partial charge is 0.310 e. The van der Waals surface area contributed by atoms with E-state index in [-0.39, 0.29) is 5.41 Å². The molecule has 1 aromatic heterocycles. The standard InChI is InChI=1S/C59H42N2/c1-59(2)52-30-12-10-27-49(52)50-35-34-44(38-53(50)59)60(54-31-13-11-25-46(54)40-17-4-3-5-18-40)42-22-15-23-43(37-42)61-55-32-16-29-51(48-28-14-21-39-19-6-8-24-45(39)48)58(55)57-47-26-9-7-20-41(47)33-36-56(57)61/h3-38H,1-2H3. The molecular weight excluding hydrogens is 737 g/mol. The predicted octanol–water partition coefficient (Wildman–Crippen LogP) is 16.2. The minimum absolute atomic E-state index is 0.137. The fraction of sp³-hybridized carbons (Fsp3) is 0.0508. The Bertz CT molecular complexity index is 3510. The van der Waals surface area contributed by atoms with Gasteiger partial charge >= 0.3 is 0 Å². The lowest BCUT2D eigenvalue weighted by molar-refractivity contribution is 0.660. The van der Waals surface area contributed by atoms with Gasteiger partial charge in [0, 0.05) is 38.8 Å². The molecule has 0 unspecified atom stereocenters. The topological polar surface area (TPSA) is 8.17 Å². The van der Waals surface area contributed by atoms with Crippen molar-refractivity contribution < 1.29 is 0 Å². The monoisotopic (exact) mass is 778 g/mol. The second-order valence-electron chi connectivity index (χ2n) is 16.9. The zero-order chi connectivity index (χ0) is 40.7. The normalized spacial score (nSPS) is 12.9. The van der Waals surface area contributed by atoms with Gasteiger partial charge in [0.15, 0.2) is 0 Å². The van der Waals surface area contributed by atoms with E-state index >= 15 is 0 Å². The van der Waals surface area contributed by atoms with E-state index in [0.717, 1.165) is 22.7 Å². The van der Waals surface area contributed by atoms with Gasteiger partial charge in [-0.2, -0.15) is 0 Å². The van der Waals surface area contributed by atoms with Crippen molar-refractivity contribution in [3.05, 3.63) is 230 Å². The molecule has 1 heterocycles. The Labute approximate surface area is 356 Å². The third kappa shape index (κ3) is 5.42. The van der Waals surface area contributed by atoms with E-state index < -0.39 is 0 Å². The van der Waals surface area contributed by atoms with E-state index in [4.69, 9.17) is 0 Å². The zero-order valence-corrected chi connectivity index (χ0v) is 34.2. The van der Waals surface area contributed by atoms with Crippen LogP contribution in [0.25, 0.3) is 82.4 Å². The lowest BCUT2D eigenvalue weighted by Crippen LogP contribution is -2.17. The van der Waals surface area contributed by atoms with Crippen LogP contribution in [0.4, 0.5) is 17.1 Å². The van der Waals surface area contributed by atoms with Crippen LogP contribution in [0.5, 0.6) is 0 Å². The van der Waals surface area contributed by atoms with Gasteiger partial charge in [-0.3, -0.25) is 0 Å². The number of hydrogen-bond acceptors (Lipinski definition) is 1. The van der Waals surface area contributed by atoms with Crippen LogP contribution in [0.1, 0.15) is 25.0 Å². The van der Waals surface area contributed by atoms with Gasteiger partial charge in [0.1, 0.15) is 0 Å². The molecular formula is C59H42N2. The molecule has 1 aliphatic rings. The lowest BCUT2D eigenvalue weighted by Gasteiger charge is -2.30. The van der Waals surface area contributed by atoms with Crippen molar-refractivity contribution in [2.24, 2.45) is 0 Å². The first kappa shape index (κ1) is 35.3. The second kappa shape index (κ2) is 13.7. The summed E-state index contributed by atoms with van der Waals surface area (Å²) in [6, 6.07) is 80.5. The highest BCUT2D eigenvalue weighted by Crippen LogP contribution is 2.52. The summed E-state index contributed by atoms with van der Waals surface area (Å²) in [4.78, 5) is 2.47. The summed E-state index contributed by atoms with van der Waals surface area (Å²) >= 11 is 0. The Morgan fingerprint density at radius 3 is 1.85 bits per heavy atom. The molecule has 0 spiro atoms. The third-order valence-corrected chi connectivity index (χ3v) is 13.2. The number of aromatic nitrogens is 1. The number of anilines is 3. The molecule has 0 fully saturated rings. The fourth-order valence-corrected chi connectivity index (χ4v) is 10.4. The van der Waals surface area contributed by atoms with E-state index in [1.807, 2.05) is 0 Å². The van der Waals surface area contributed by atoms with Gasteiger partial charge < -0.3 is 9.47 Å². The predicted molar refractivity (Wildman–Crippen MR) is 259 cm³/mol. The van der Waals surface area contributed by atoms with Crippen LogP contribution < -0.4 is 4.90 Å². The summed E-state index contributed by atoms with van der Waals surface area (Å²) in [5, 5.41) is 7.53. The van der Waals surface area contributed by atoms with Crippen LogP contribution in [0.3, 0.4) is 0 Å². The maximum Gasteiger partial charge on any atom is 0.0547 e. The van der Waals surface area contributed by atoms with Crippen molar-refractivity contribution >= 4 is 60.4 Å². The van der Waals surface area contributed by atoms with E-state index in [1.165, 1.54) is 87.9 Å². The Hall–Kier alpha value is -7.68. The Morgan fingerprint density at radius 2 is 0.984 bits per heavy atom. The van der Waals surface area contributed by atoms with Gasteiger partial charge in [-0.15, -0.1) is 0 Å². The quantitative estimate of drug-likeness (QED) is 0.163. The van der Waals surface area contributed by atoms with E-state index in [2.05, 4.69) is 242 Å². The number of benzene rings is 10. The van der Waals surface area contributed by atoms with Crippen molar-refractivity contribution in [2.75, 3.05) is 4.90 Å². The molecule has 0 radical (unpaired) electrons. The summed E-state index contributed by atoms with van der Waals surface area (Å²) in [6.45, 7) is 4.73. The van der Waals surface area contributed by atoms with E-state index in [0.29, 0.717) is 0 Å². The molecule has 288 valence electrons. The van der Waals surface area contributed by atoms with Crippen molar-refractivity contribution in [3.8, 4) is 39.1 Å². The highest BCUT2D eigenvalue weighted by molar-refractivity contribution is 6.26. The molecule has 12 rings (SSSR count). The Balaban J connectivity index is 1.12. The van der Waals surface area contributed by atoms with Gasteiger partial charge in [-0.05, 0) is 109 Å². The van der Waals surface area contributed by atoms with Crippen LogP contribution in [0.2, 0.25) is 0 Å². The molecule has 0 saturated carbocycles. The first-order chi connectivity index (χ1) is 30.0. The van der Waals surface area contributed by atoms with Crippen LogP contribution in [-0.4, -0.2) is 4.57 Å². The molecule has 10 aromatic carbocycles. The molecule has 0 saturated heterocycles. The number of nitrogens with zero attached hydrogens (tertiary/aromatic N) is 2. The molecule has 0 bridgehead atoms. The van der Waals surface area contributed by atoms with Crippen LogP contribution in [-0.2, 0) is 5.41 Å². The summed E-state index contributed by atoms with van der Waals surface area (Å²) in [6.07, 6.45) is 0. The molecule has 0 atom stereocenters. The first-order valence-corrected chi connectivity index (χ1v) is 21.3. The van der Waals surface area contributed by atoms with Crippen molar-refractivity contribution in [1.29, 1.82) is 0 Å². The lowest BCUT2D eigenvalue weighted by atomic mass is 9.82. The maximum absolute atomic E-state index is 2.49. The van der Waals surface area contributed by atoms with E-state index in [9.17, 15) is 0 Å². The molecule has 2 heteroatoms. The summed E-state index contributed by atoms with van der Waals surface area (Å²) < 4.78 is 2.49. The highest BCUT2D eigenvalue weighted by atomic mass is 15.1. The molecule has 2 nitrogen and oxygen atoms in total. The summed E-state index contributed by atoms with van der Waals surface area (Å²) in [5.74, 6) is 0. The minimum Gasteiger partial charge on any atom is -0.310 e. The summed E-state index contributed by atoms with van der Waals surface area (Å²) in [7, 11) is 0. The molecule has 0 N–H and O–H groups in total. The van der Waals surface area contributed by atoms with Crippen LogP contribution in [0.15, 0.2) is 218 Å². The number of para-hydroxylation sites is 1. The van der Waals surface area contributed by atoms with Gasteiger partial charge in [-0.25, -0.2) is 0 Å². The van der Waals surface area contributed by atoms with Crippen molar-refractivity contribution in [3.63, 3.8) is 0 Å². The highest BCUT2D eigenvalue weighted by Gasteiger charge is 2.36. The van der Waals surface area contributed by atoms with Gasteiger partial charge in [0.2, 0.25) is 0 Å². The summed E-state index contributed by atoms with van der Waals surface area (Å²) in [5.41, 5.74) is 16.9. The average molecular weight is 779 g/mol. The average Bonchev–Trinajstić information content (AvgIpc) is 3.78. The maximum atomic E-state index is 2.49. The Morgan fingerprint density at radius 1 is 0.377 bits per heavy atom. The number of fused-ring (bicyclic) bond motifs is 9. The second-order valence-corrected chi connectivity index (χ2v) is 16.9. The van der Waals surface area contributed by atoms with E-state index in [1.54, 1.807) is 0 Å². The molecule has 1 aliphatic carbocycles. The molecule has 61 heavy (non-hydrogen) atoms. The zero-order valence-electron chi connectivity index (χ0n) is 34.2. The van der Waals surface area contributed by atoms with Gasteiger partial charge in [0.25, 0.3) is 0 Å². The number of rotatable bonds is 6. The third-order valence-electron chi connectivity index (χ3n) is 13.2. The first-order valence-electron chi connectivity index (χ1n) is 21.3. The van der Waals surface area contributed by atoms with Crippen molar-refractivity contribution in [1.82, 2.24) is 4.57 Å². The molecule has 11 aromatic rings. The number of hydrogen-bond donors (Lipinski definition) is 0. The molecule has 0 aliphatic heterocycles. The minimum atomic E-state index is -0.137. The van der Waals surface area contributed by atoms with Crippen LogP contribution in [0, 0.1) is 0 Å². The van der Waals surface area contributed by atoms with Crippen LogP contribution >= 0.6 is 0 Å². The van der Waals surface area contributed by atoms with Crippen molar-refractivity contribution in [2.45, 2.75) is 19.3 Å². The fourth-order valence-electron chi connectivity index (χ4n) is 10.4. The van der Waals surface area contributed by atoms with Gasteiger partial charge in [0.05, 0.1) is 16.7 Å². The Kier molecular flexibility index (Phi) is 7.92.